The van der Waals surface area contributed by atoms with Crippen LogP contribution in [0.3, 0.4) is 0 Å². The molecular formula is C25H20Cl2N4O2S. The molecule has 4 aromatic rings. The lowest BCUT2D eigenvalue weighted by Gasteiger charge is -2.12. The summed E-state index contributed by atoms with van der Waals surface area (Å²) in [6.45, 7) is 0.132. The van der Waals surface area contributed by atoms with Gasteiger partial charge in [0.2, 0.25) is 5.96 Å². The van der Waals surface area contributed by atoms with Crippen LogP contribution in [0.5, 0.6) is 0 Å². The Morgan fingerprint density at radius 2 is 1.62 bits per heavy atom. The topological polar surface area (TPSA) is 97.4 Å². The fourth-order valence-corrected chi connectivity index (χ4v) is 4.60. The van der Waals surface area contributed by atoms with Gasteiger partial charge in [-0.25, -0.2) is 18.1 Å². The van der Waals surface area contributed by atoms with Crippen molar-refractivity contribution >= 4 is 39.2 Å². The lowest BCUT2D eigenvalue weighted by atomic mass is 9.98. The zero-order valence-corrected chi connectivity index (χ0v) is 20.1. The van der Waals surface area contributed by atoms with E-state index in [1.807, 2.05) is 36.4 Å². The number of aliphatic imine (C=N–C) groups is 1. The van der Waals surface area contributed by atoms with Crippen LogP contribution in [0.2, 0.25) is 10.0 Å². The standard InChI is InChI=1S/C25H20Cl2N4O2S/c26-20-11-9-18(10-12-20)23-13-17(15-29-24(23)19-5-4-6-21(27)14-19)16-30-25(28)31-34(32,33)22-7-2-1-3-8-22/h1-15H,16H2,(H3,28,30,31). The number of nitrogens with zero attached hydrogens (tertiary/aromatic N) is 2. The Balaban J connectivity index is 1.64. The van der Waals surface area contributed by atoms with Crippen LogP contribution in [0.15, 0.2) is 101 Å². The molecule has 0 saturated carbocycles. The van der Waals surface area contributed by atoms with E-state index >= 15 is 0 Å². The summed E-state index contributed by atoms with van der Waals surface area (Å²) in [4.78, 5) is 8.94. The summed E-state index contributed by atoms with van der Waals surface area (Å²) < 4.78 is 27.2. The van der Waals surface area contributed by atoms with Crippen molar-refractivity contribution in [1.82, 2.24) is 9.71 Å². The third kappa shape index (κ3) is 5.75. The molecule has 0 spiro atoms. The maximum atomic E-state index is 12.4. The van der Waals surface area contributed by atoms with Crippen LogP contribution in [-0.2, 0) is 16.6 Å². The molecule has 0 saturated heterocycles. The molecule has 3 N–H and O–H groups in total. The fraction of sp³-hybridized carbons (Fsp3) is 0.0400. The molecule has 4 rings (SSSR count). The largest absolute Gasteiger partial charge is 0.369 e. The van der Waals surface area contributed by atoms with Gasteiger partial charge in [0.05, 0.1) is 17.1 Å². The Kier molecular flexibility index (Phi) is 7.17. The number of nitrogens with two attached hydrogens (primary N) is 1. The molecule has 1 aromatic heterocycles. The van der Waals surface area contributed by atoms with Crippen LogP contribution in [0.1, 0.15) is 5.56 Å². The molecule has 0 unspecified atom stereocenters. The van der Waals surface area contributed by atoms with Gasteiger partial charge in [-0.15, -0.1) is 0 Å². The average molecular weight is 511 g/mol. The molecule has 1 heterocycles. The molecule has 0 aliphatic heterocycles. The summed E-state index contributed by atoms with van der Waals surface area (Å²) in [6, 6.07) is 24.8. The van der Waals surface area contributed by atoms with Gasteiger partial charge in [0.15, 0.2) is 0 Å². The van der Waals surface area contributed by atoms with Gasteiger partial charge in [0, 0.05) is 27.4 Å². The molecule has 0 radical (unpaired) electrons. The highest BCUT2D eigenvalue weighted by atomic mass is 35.5. The summed E-state index contributed by atoms with van der Waals surface area (Å²) in [5.74, 6) is -0.212. The van der Waals surface area contributed by atoms with Crippen molar-refractivity contribution < 1.29 is 8.42 Å². The van der Waals surface area contributed by atoms with Crippen LogP contribution in [0, 0.1) is 0 Å². The van der Waals surface area contributed by atoms with Crippen molar-refractivity contribution in [2.24, 2.45) is 10.7 Å². The second-order valence-corrected chi connectivity index (χ2v) is 9.93. The highest BCUT2D eigenvalue weighted by molar-refractivity contribution is 7.90. The molecular weight excluding hydrogens is 491 g/mol. The normalized spacial score (nSPS) is 11.9. The quantitative estimate of drug-likeness (QED) is 0.263. The SMILES string of the molecule is NC(=NCc1cnc(-c2cccc(Cl)c2)c(-c2ccc(Cl)cc2)c1)NS(=O)(=O)c1ccccc1. The number of nitrogens with one attached hydrogen (secondary N) is 1. The van der Waals surface area contributed by atoms with Crippen LogP contribution >= 0.6 is 23.2 Å². The Labute approximate surface area is 208 Å². The summed E-state index contributed by atoms with van der Waals surface area (Å²) in [5.41, 5.74) is 9.98. The molecule has 9 heteroatoms. The van der Waals surface area contributed by atoms with E-state index in [4.69, 9.17) is 28.9 Å². The number of aromatic nitrogens is 1. The van der Waals surface area contributed by atoms with E-state index < -0.39 is 10.0 Å². The molecule has 0 atom stereocenters. The first-order valence-corrected chi connectivity index (χ1v) is 12.4. The van der Waals surface area contributed by atoms with Crippen LogP contribution in [0.25, 0.3) is 22.4 Å². The van der Waals surface area contributed by atoms with Gasteiger partial charge in [0.25, 0.3) is 10.0 Å². The monoisotopic (exact) mass is 510 g/mol. The second-order valence-electron chi connectivity index (χ2n) is 7.38. The number of hydrogen-bond donors (Lipinski definition) is 2. The second kappa shape index (κ2) is 10.3. The molecule has 172 valence electrons. The minimum absolute atomic E-state index is 0.103. The highest BCUT2D eigenvalue weighted by Gasteiger charge is 2.15. The Morgan fingerprint density at radius 1 is 0.882 bits per heavy atom. The zero-order chi connectivity index (χ0) is 24.1. The van der Waals surface area contributed by atoms with Crippen LogP contribution in [-0.4, -0.2) is 19.4 Å². The summed E-state index contributed by atoms with van der Waals surface area (Å²) >= 11 is 12.3. The maximum absolute atomic E-state index is 12.4. The van der Waals surface area contributed by atoms with E-state index in [1.165, 1.54) is 12.1 Å². The predicted molar refractivity (Wildman–Crippen MR) is 137 cm³/mol. The van der Waals surface area contributed by atoms with E-state index in [2.05, 4.69) is 14.7 Å². The number of halogens is 2. The number of sulfonamides is 1. The Bertz CT molecular complexity index is 1440. The summed E-state index contributed by atoms with van der Waals surface area (Å²) in [6.07, 6.45) is 1.68. The average Bonchev–Trinajstić information content (AvgIpc) is 2.83. The van der Waals surface area contributed by atoms with Gasteiger partial charge in [-0.2, -0.15) is 0 Å². The van der Waals surface area contributed by atoms with Gasteiger partial charge >= 0.3 is 0 Å². The zero-order valence-electron chi connectivity index (χ0n) is 17.8. The van der Waals surface area contributed by atoms with Gasteiger partial charge in [-0.05, 0) is 53.6 Å². The third-order valence-electron chi connectivity index (χ3n) is 4.92. The molecule has 0 fully saturated rings. The predicted octanol–water partition coefficient (Wildman–Crippen LogP) is 5.52. The van der Waals surface area contributed by atoms with Crippen LogP contribution in [0.4, 0.5) is 0 Å². The molecule has 3 aromatic carbocycles. The maximum Gasteiger partial charge on any atom is 0.264 e. The smallest absolute Gasteiger partial charge is 0.264 e. The Hall–Kier alpha value is -3.39. The van der Waals surface area contributed by atoms with E-state index in [9.17, 15) is 8.42 Å². The van der Waals surface area contributed by atoms with E-state index in [0.29, 0.717) is 10.0 Å². The highest BCUT2D eigenvalue weighted by Crippen LogP contribution is 2.33. The molecule has 0 bridgehead atoms. The summed E-state index contributed by atoms with van der Waals surface area (Å²) in [5, 5.41) is 1.23. The third-order valence-corrected chi connectivity index (χ3v) is 6.78. The van der Waals surface area contributed by atoms with Crippen molar-refractivity contribution in [2.75, 3.05) is 0 Å². The van der Waals surface area contributed by atoms with Crippen molar-refractivity contribution in [3.63, 3.8) is 0 Å². The first-order valence-electron chi connectivity index (χ1n) is 10.2. The van der Waals surface area contributed by atoms with E-state index in [1.54, 1.807) is 42.6 Å². The number of rotatable bonds is 6. The van der Waals surface area contributed by atoms with Crippen molar-refractivity contribution in [1.29, 1.82) is 0 Å². The van der Waals surface area contributed by atoms with Crippen molar-refractivity contribution in [2.45, 2.75) is 11.4 Å². The number of pyridine rings is 1. The lowest BCUT2D eigenvalue weighted by Crippen LogP contribution is -2.36. The number of guanidine groups is 1. The van der Waals surface area contributed by atoms with Gasteiger partial charge in [-0.3, -0.25) is 4.98 Å². The first-order chi connectivity index (χ1) is 16.3. The van der Waals surface area contributed by atoms with Crippen molar-refractivity contribution in [3.8, 4) is 22.4 Å². The van der Waals surface area contributed by atoms with E-state index in [-0.39, 0.29) is 17.4 Å². The molecule has 0 amide bonds. The minimum atomic E-state index is -3.81. The van der Waals surface area contributed by atoms with Crippen LogP contribution < -0.4 is 10.5 Å². The first kappa shape index (κ1) is 23.8. The lowest BCUT2D eigenvalue weighted by molar-refractivity contribution is 0.592. The molecule has 34 heavy (non-hydrogen) atoms. The number of benzene rings is 3. The van der Waals surface area contributed by atoms with Gasteiger partial charge in [0.1, 0.15) is 0 Å². The summed E-state index contributed by atoms with van der Waals surface area (Å²) in [7, 11) is -3.81. The molecule has 0 aliphatic carbocycles. The number of hydrogen-bond acceptors (Lipinski definition) is 4. The van der Waals surface area contributed by atoms with Crippen molar-refractivity contribution in [3.05, 3.63) is 107 Å². The minimum Gasteiger partial charge on any atom is -0.369 e. The Morgan fingerprint density at radius 3 is 2.32 bits per heavy atom. The molecule has 6 nitrogen and oxygen atoms in total. The molecule has 0 aliphatic rings. The van der Waals surface area contributed by atoms with Gasteiger partial charge in [-0.1, -0.05) is 65.7 Å². The van der Waals surface area contributed by atoms with E-state index in [0.717, 1.165) is 27.9 Å². The fourth-order valence-electron chi connectivity index (χ4n) is 3.31. The van der Waals surface area contributed by atoms with Gasteiger partial charge < -0.3 is 5.73 Å².